The summed E-state index contributed by atoms with van der Waals surface area (Å²) in [7, 11) is 1.68. The molecule has 1 unspecified atom stereocenters. The molecule has 1 aliphatic rings. The predicted octanol–water partition coefficient (Wildman–Crippen LogP) is 0.888. The van der Waals surface area contributed by atoms with E-state index in [0.717, 1.165) is 24.9 Å². The fourth-order valence-corrected chi connectivity index (χ4v) is 1.93. The summed E-state index contributed by atoms with van der Waals surface area (Å²) in [6, 6.07) is 0. The molecule has 1 aliphatic heterocycles. The van der Waals surface area contributed by atoms with Crippen LogP contribution >= 0.6 is 0 Å². The minimum Gasteiger partial charge on any atom is -0.383 e. The van der Waals surface area contributed by atoms with Crippen LogP contribution in [-0.2, 0) is 4.74 Å². The third-order valence-corrected chi connectivity index (χ3v) is 3.16. The highest BCUT2D eigenvalue weighted by Crippen LogP contribution is 2.16. The molecule has 1 heterocycles. The van der Waals surface area contributed by atoms with Gasteiger partial charge in [-0.05, 0) is 20.8 Å². The van der Waals surface area contributed by atoms with Crippen LogP contribution in [-0.4, -0.2) is 57.0 Å². The van der Waals surface area contributed by atoms with Crippen LogP contribution in [0.25, 0.3) is 0 Å². The Bertz CT molecular complexity index is 419. The molecule has 0 aromatic heterocycles. The minimum atomic E-state index is -0.173. The first kappa shape index (κ1) is 19.9. The van der Waals surface area contributed by atoms with E-state index >= 15 is 0 Å². The third kappa shape index (κ3) is 8.29. The molecule has 0 radical (unpaired) electrons. The normalized spacial score (nSPS) is 20.9. The number of nitrogens with zero attached hydrogens (tertiary/aromatic N) is 2. The van der Waals surface area contributed by atoms with Crippen LogP contribution in [0.3, 0.4) is 0 Å². The fraction of sp³-hybridized carbons (Fsp3) is 0.875. The highest BCUT2D eigenvalue weighted by molar-refractivity contribution is 6.03. The Balaban J connectivity index is 2.62. The zero-order valence-corrected chi connectivity index (χ0v) is 15.7. The Morgan fingerprint density at radius 3 is 2.43 bits per heavy atom. The molecular weight excluding hydrogens is 292 g/mol. The summed E-state index contributed by atoms with van der Waals surface area (Å²) < 4.78 is 5.05. The first-order valence-electron chi connectivity index (χ1n) is 8.25. The second-order valence-electron chi connectivity index (χ2n) is 7.75. The van der Waals surface area contributed by atoms with Crippen molar-refractivity contribution in [1.29, 1.82) is 0 Å². The van der Waals surface area contributed by atoms with E-state index in [1.54, 1.807) is 7.11 Å². The lowest BCUT2D eigenvalue weighted by molar-refractivity contribution is 0.208. The van der Waals surface area contributed by atoms with Gasteiger partial charge in [0.15, 0.2) is 12.2 Å². The smallest absolute Gasteiger partial charge is 0.199 e. The van der Waals surface area contributed by atoms with Crippen molar-refractivity contribution >= 4 is 11.8 Å². The lowest BCUT2D eigenvalue weighted by Gasteiger charge is -2.32. The maximum Gasteiger partial charge on any atom is 0.199 e. The van der Waals surface area contributed by atoms with Gasteiger partial charge in [0.2, 0.25) is 0 Å². The number of guanidine groups is 1. The van der Waals surface area contributed by atoms with E-state index < -0.39 is 0 Å². The number of hydrogen-bond donors (Lipinski definition) is 4. The summed E-state index contributed by atoms with van der Waals surface area (Å²) in [6.07, 6.45) is -0.173. The van der Waals surface area contributed by atoms with E-state index in [9.17, 15) is 0 Å². The number of aliphatic imine (C=N–C) groups is 2. The monoisotopic (exact) mass is 326 g/mol. The molecule has 7 heteroatoms. The zero-order valence-electron chi connectivity index (χ0n) is 15.7. The lowest BCUT2D eigenvalue weighted by Crippen LogP contribution is -2.59. The molecule has 1 rings (SSSR count). The highest BCUT2D eigenvalue weighted by atomic mass is 16.5. The number of methoxy groups -OCH3 is 1. The van der Waals surface area contributed by atoms with E-state index in [1.807, 2.05) is 0 Å². The lowest BCUT2D eigenvalue weighted by atomic mass is 9.94. The molecule has 0 spiro atoms. The topological polar surface area (TPSA) is 82.1 Å². The van der Waals surface area contributed by atoms with Crippen molar-refractivity contribution in [3.63, 3.8) is 0 Å². The molecular formula is C16H34N6O. The maximum atomic E-state index is 5.05. The molecule has 7 nitrogen and oxygen atoms in total. The van der Waals surface area contributed by atoms with Gasteiger partial charge >= 0.3 is 0 Å². The second kappa shape index (κ2) is 8.61. The highest BCUT2D eigenvalue weighted by Gasteiger charge is 2.26. The molecule has 1 atom stereocenters. The fourth-order valence-electron chi connectivity index (χ4n) is 1.93. The van der Waals surface area contributed by atoms with E-state index in [-0.39, 0.29) is 17.2 Å². The number of amidine groups is 1. The molecule has 0 saturated carbocycles. The number of nitrogens with one attached hydrogen (secondary N) is 4. The van der Waals surface area contributed by atoms with Gasteiger partial charge in [0.1, 0.15) is 5.84 Å². The van der Waals surface area contributed by atoms with Crippen LogP contribution in [0.15, 0.2) is 9.98 Å². The molecule has 0 aromatic rings. The van der Waals surface area contributed by atoms with Crippen LogP contribution in [0.4, 0.5) is 0 Å². The molecule has 4 N–H and O–H groups in total. The number of rotatable bonds is 7. The van der Waals surface area contributed by atoms with Crippen LogP contribution in [0.2, 0.25) is 0 Å². The SMILES string of the molecule is COCCN=C1NC(C(C)(C)C)=NC(NCCNC(C)(C)C)N1. The van der Waals surface area contributed by atoms with Crippen molar-refractivity contribution in [3.05, 3.63) is 0 Å². The Kier molecular flexibility index (Phi) is 7.44. The van der Waals surface area contributed by atoms with Crippen molar-refractivity contribution in [1.82, 2.24) is 21.3 Å². The number of ether oxygens (including phenoxy) is 1. The van der Waals surface area contributed by atoms with Gasteiger partial charge in [0.05, 0.1) is 13.2 Å². The van der Waals surface area contributed by atoms with Crippen LogP contribution in [0, 0.1) is 5.41 Å². The average molecular weight is 326 g/mol. The molecule has 0 fully saturated rings. The summed E-state index contributed by atoms with van der Waals surface area (Å²) in [5.41, 5.74) is 0.0591. The van der Waals surface area contributed by atoms with Crippen LogP contribution < -0.4 is 21.3 Å². The van der Waals surface area contributed by atoms with Gasteiger partial charge in [-0.3, -0.25) is 10.3 Å². The average Bonchev–Trinajstić information content (AvgIpc) is 2.42. The van der Waals surface area contributed by atoms with Crippen molar-refractivity contribution < 1.29 is 4.74 Å². The quantitative estimate of drug-likeness (QED) is 0.522. The molecule has 134 valence electrons. The molecule has 0 aromatic carbocycles. The maximum absolute atomic E-state index is 5.05. The second-order valence-corrected chi connectivity index (χ2v) is 7.75. The summed E-state index contributed by atoms with van der Waals surface area (Å²) in [6.45, 7) is 15.8. The van der Waals surface area contributed by atoms with Crippen LogP contribution in [0.5, 0.6) is 0 Å². The van der Waals surface area contributed by atoms with Gasteiger partial charge in [-0.25, -0.2) is 4.99 Å². The zero-order chi connectivity index (χ0) is 17.5. The Hall–Kier alpha value is -1.18. The van der Waals surface area contributed by atoms with E-state index in [2.05, 4.69) is 67.8 Å². The summed E-state index contributed by atoms with van der Waals surface area (Å²) in [5.74, 6) is 1.66. The van der Waals surface area contributed by atoms with Gasteiger partial charge in [-0.15, -0.1) is 0 Å². The van der Waals surface area contributed by atoms with Crippen molar-refractivity contribution in [2.45, 2.75) is 53.4 Å². The standard InChI is InChI=1S/C16H34N6O/c1-15(2,3)12-20-13(17-8-9-19-16(4,5)6)22-14(21-12)18-10-11-23-7/h13,17,19H,8-11H2,1-7H3,(H2,18,20,21,22). The van der Waals surface area contributed by atoms with E-state index in [0.29, 0.717) is 13.2 Å². The van der Waals surface area contributed by atoms with Gasteiger partial charge < -0.3 is 20.7 Å². The summed E-state index contributed by atoms with van der Waals surface area (Å²) in [4.78, 5) is 9.20. The van der Waals surface area contributed by atoms with Gasteiger partial charge in [0, 0.05) is 31.2 Å². The number of hydrogen-bond acceptors (Lipinski definition) is 5. The largest absolute Gasteiger partial charge is 0.383 e. The Labute approximate surface area is 140 Å². The van der Waals surface area contributed by atoms with Gasteiger partial charge in [0.25, 0.3) is 0 Å². The first-order chi connectivity index (χ1) is 10.6. The van der Waals surface area contributed by atoms with Gasteiger partial charge in [-0.2, -0.15) is 0 Å². The first-order valence-corrected chi connectivity index (χ1v) is 8.25. The molecule has 23 heavy (non-hydrogen) atoms. The Morgan fingerprint density at radius 1 is 1.17 bits per heavy atom. The van der Waals surface area contributed by atoms with Crippen molar-refractivity contribution in [3.8, 4) is 0 Å². The van der Waals surface area contributed by atoms with Crippen LogP contribution in [0.1, 0.15) is 41.5 Å². The van der Waals surface area contributed by atoms with E-state index in [1.165, 1.54) is 0 Å². The Morgan fingerprint density at radius 2 is 1.87 bits per heavy atom. The van der Waals surface area contributed by atoms with E-state index in [4.69, 9.17) is 9.73 Å². The molecule has 0 amide bonds. The summed E-state index contributed by atoms with van der Waals surface area (Å²) in [5, 5.41) is 13.4. The molecule has 0 aliphatic carbocycles. The van der Waals surface area contributed by atoms with Crippen molar-refractivity contribution in [2.24, 2.45) is 15.4 Å². The molecule has 0 saturated heterocycles. The predicted molar refractivity (Wildman–Crippen MR) is 96.9 cm³/mol. The summed E-state index contributed by atoms with van der Waals surface area (Å²) >= 11 is 0. The van der Waals surface area contributed by atoms with Gasteiger partial charge in [-0.1, -0.05) is 20.8 Å². The third-order valence-electron chi connectivity index (χ3n) is 3.16. The molecule has 0 bridgehead atoms. The minimum absolute atomic E-state index is 0.0618. The van der Waals surface area contributed by atoms with Crippen molar-refractivity contribution in [2.75, 3.05) is 33.4 Å².